The lowest BCUT2D eigenvalue weighted by atomic mass is 10.2. The van der Waals surface area contributed by atoms with E-state index >= 15 is 0 Å². The van der Waals surface area contributed by atoms with E-state index in [1.807, 2.05) is 0 Å². The van der Waals surface area contributed by atoms with E-state index in [1.54, 1.807) is 12.1 Å². The monoisotopic (exact) mass is 200 g/mol. The number of nitrogens with zero attached hydrogens (tertiary/aromatic N) is 1. The zero-order valence-electron chi connectivity index (χ0n) is 8.55. The second kappa shape index (κ2) is 5.12. The van der Waals surface area contributed by atoms with Crippen molar-refractivity contribution in [3.8, 4) is 0 Å². The molecule has 1 aliphatic heterocycles. The Balaban J connectivity index is 2.59. The molecule has 0 radical (unpaired) electrons. The summed E-state index contributed by atoms with van der Waals surface area (Å²) in [5, 5.41) is 1.58. The summed E-state index contributed by atoms with van der Waals surface area (Å²) in [4.78, 5) is 0. The van der Waals surface area contributed by atoms with Crippen molar-refractivity contribution in [1.29, 1.82) is 0 Å². The van der Waals surface area contributed by atoms with Gasteiger partial charge in [0.15, 0.2) is 0 Å². The summed E-state index contributed by atoms with van der Waals surface area (Å²) in [6.45, 7) is 7.54. The molecule has 4 heteroatoms. The minimum Gasteiger partial charge on any atom is -0.357 e. The average Bonchev–Trinajstić information content (AvgIpc) is 2.20. The highest BCUT2D eigenvalue weighted by Crippen LogP contribution is 2.21. The first-order chi connectivity index (χ1) is 6.66. The topological polar surface area (TPSA) is 24.5 Å². The zero-order chi connectivity index (χ0) is 10.6. The molecule has 1 aliphatic rings. The van der Waals surface area contributed by atoms with Crippen molar-refractivity contribution in [2.45, 2.75) is 25.5 Å². The van der Waals surface area contributed by atoms with Gasteiger partial charge in [-0.05, 0) is 19.3 Å². The van der Waals surface area contributed by atoms with E-state index in [-0.39, 0.29) is 11.9 Å². The van der Waals surface area contributed by atoms with E-state index in [0.29, 0.717) is 0 Å². The molecule has 1 N–H and O–H groups in total. The minimum atomic E-state index is -0.534. The molecule has 1 heterocycles. The molecule has 0 aromatic heterocycles. The van der Waals surface area contributed by atoms with Crippen LogP contribution in [0.25, 0.3) is 0 Å². The van der Waals surface area contributed by atoms with E-state index in [1.165, 1.54) is 0 Å². The molecule has 0 saturated carbocycles. The van der Waals surface area contributed by atoms with Gasteiger partial charge in [-0.2, -0.15) is 0 Å². The van der Waals surface area contributed by atoms with Crippen LogP contribution in [-0.4, -0.2) is 24.9 Å². The maximum Gasteiger partial charge on any atom is 0.144 e. The van der Waals surface area contributed by atoms with Crippen LogP contribution in [0, 0.1) is 0 Å². The first kappa shape index (κ1) is 11.2. The lowest BCUT2D eigenvalue weighted by molar-refractivity contribution is -0.0874. The maximum atomic E-state index is 12.9. The fourth-order valence-electron chi connectivity index (χ4n) is 1.51. The first-order valence-electron chi connectivity index (χ1n) is 4.78. The molecule has 1 atom stereocenters. The van der Waals surface area contributed by atoms with Crippen molar-refractivity contribution < 1.29 is 9.13 Å². The predicted molar refractivity (Wildman–Crippen MR) is 53.9 cm³/mol. The number of allylic oxidation sites excluding steroid dienone is 1. The fourth-order valence-corrected chi connectivity index (χ4v) is 1.51. The molecule has 1 fully saturated rings. The van der Waals surface area contributed by atoms with Crippen LogP contribution in [0.3, 0.4) is 0 Å². The number of rotatable bonds is 4. The lowest BCUT2D eigenvalue weighted by Crippen LogP contribution is -2.45. The number of halogens is 1. The van der Waals surface area contributed by atoms with Gasteiger partial charge in [-0.1, -0.05) is 13.2 Å². The Morgan fingerprint density at radius 2 is 2.21 bits per heavy atom. The molecule has 0 aliphatic carbocycles. The van der Waals surface area contributed by atoms with Crippen LogP contribution in [-0.2, 0) is 4.74 Å². The van der Waals surface area contributed by atoms with Crippen molar-refractivity contribution in [3.63, 3.8) is 0 Å². The highest BCUT2D eigenvalue weighted by molar-refractivity contribution is 5.16. The fraction of sp³-hybridized carbons (Fsp3) is 0.600. The van der Waals surface area contributed by atoms with Crippen LogP contribution in [0.5, 0.6) is 0 Å². The molecule has 1 saturated heterocycles. The largest absolute Gasteiger partial charge is 0.357 e. The zero-order valence-corrected chi connectivity index (χ0v) is 8.55. The number of nitrogens with one attached hydrogen (secondary N) is 1. The van der Waals surface area contributed by atoms with Crippen LogP contribution >= 0.6 is 0 Å². The Hall–Kier alpha value is -0.870. The van der Waals surface area contributed by atoms with E-state index in [0.717, 1.165) is 25.9 Å². The van der Waals surface area contributed by atoms with Gasteiger partial charge in [0.1, 0.15) is 12.1 Å². The molecule has 0 spiro atoms. The second-order valence-electron chi connectivity index (χ2n) is 3.27. The highest BCUT2D eigenvalue weighted by Gasteiger charge is 2.23. The van der Waals surface area contributed by atoms with Crippen LogP contribution in [0.2, 0.25) is 0 Å². The normalized spacial score (nSPS) is 21.7. The molecule has 1 rings (SSSR count). The van der Waals surface area contributed by atoms with Gasteiger partial charge in [0.2, 0.25) is 0 Å². The van der Waals surface area contributed by atoms with Gasteiger partial charge >= 0.3 is 0 Å². The molecule has 0 bridgehead atoms. The standard InChI is InChI=1S/C10H17FN2O/c1-8(11)9(2)13(12-3)10-6-4-5-7-14-10/h10,12H,1-2,4-7H2,3H3. The molecule has 0 aromatic carbocycles. The van der Waals surface area contributed by atoms with E-state index in [4.69, 9.17) is 4.74 Å². The lowest BCUT2D eigenvalue weighted by Gasteiger charge is -2.35. The molecular weight excluding hydrogens is 183 g/mol. The predicted octanol–water partition coefficient (Wildman–Crippen LogP) is 1.95. The van der Waals surface area contributed by atoms with Crippen LogP contribution in [0.15, 0.2) is 24.7 Å². The van der Waals surface area contributed by atoms with Crippen molar-refractivity contribution in [3.05, 3.63) is 24.7 Å². The van der Waals surface area contributed by atoms with Gasteiger partial charge in [-0.3, -0.25) is 5.01 Å². The Bertz CT molecular complexity index is 224. The average molecular weight is 200 g/mol. The van der Waals surface area contributed by atoms with Gasteiger partial charge in [0.05, 0.1) is 5.70 Å². The number of hydrazine groups is 1. The van der Waals surface area contributed by atoms with E-state index < -0.39 is 5.83 Å². The summed E-state index contributed by atoms with van der Waals surface area (Å²) in [5.41, 5.74) is 3.10. The summed E-state index contributed by atoms with van der Waals surface area (Å²) in [6, 6.07) is 0. The Morgan fingerprint density at radius 3 is 2.64 bits per heavy atom. The summed E-state index contributed by atoms with van der Waals surface area (Å²) in [5.74, 6) is -0.534. The molecule has 14 heavy (non-hydrogen) atoms. The van der Waals surface area contributed by atoms with Gasteiger partial charge < -0.3 is 4.74 Å². The van der Waals surface area contributed by atoms with Gasteiger partial charge in [0, 0.05) is 13.7 Å². The highest BCUT2D eigenvalue weighted by atomic mass is 19.1. The van der Waals surface area contributed by atoms with Crippen molar-refractivity contribution in [2.24, 2.45) is 0 Å². The Morgan fingerprint density at radius 1 is 1.50 bits per heavy atom. The smallest absolute Gasteiger partial charge is 0.144 e. The van der Waals surface area contributed by atoms with Gasteiger partial charge in [0.25, 0.3) is 0 Å². The third-order valence-electron chi connectivity index (χ3n) is 2.29. The van der Waals surface area contributed by atoms with Crippen LogP contribution in [0.4, 0.5) is 4.39 Å². The third kappa shape index (κ3) is 2.56. The van der Waals surface area contributed by atoms with Crippen molar-refractivity contribution in [1.82, 2.24) is 10.4 Å². The summed E-state index contributed by atoms with van der Waals surface area (Å²) < 4.78 is 18.4. The van der Waals surface area contributed by atoms with Crippen molar-refractivity contribution in [2.75, 3.05) is 13.7 Å². The maximum absolute atomic E-state index is 12.9. The third-order valence-corrected chi connectivity index (χ3v) is 2.29. The number of ether oxygens (including phenoxy) is 1. The quantitative estimate of drug-likeness (QED) is 0.554. The molecule has 3 nitrogen and oxygen atoms in total. The van der Waals surface area contributed by atoms with Gasteiger partial charge in [-0.25, -0.2) is 9.82 Å². The molecule has 1 unspecified atom stereocenters. The summed E-state index contributed by atoms with van der Waals surface area (Å²) in [6.07, 6.45) is 2.91. The summed E-state index contributed by atoms with van der Waals surface area (Å²) >= 11 is 0. The molecule has 80 valence electrons. The van der Waals surface area contributed by atoms with Gasteiger partial charge in [-0.15, -0.1) is 0 Å². The molecular formula is C10H17FN2O. The van der Waals surface area contributed by atoms with Crippen LogP contribution in [0.1, 0.15) is 19.3 Å². The summed E-state index contributed by atoms with van der Waals surface area (Å²) in [7, 11) is 1.71. The number of hydrogen-bond donors (Lipinski definition) is 1. The molecule has 0 aromatic rings. The van der Waals surface area contributed by atoms with E-state index in [9.17, 15) is 4.39 Å². The first-order valence-corrected chi connectivity index (χ1v) is 4.78. The Labute approximate surface area is 84.2 Å². The van der Waals surface area contributed by atoms with E-state index in [2.05, 4.69) is 18.6 Å². The minimum absolute atomic E-state index is 0.131. The SMILES string of the molecule is C=C(F)C(=C)N(NC)C1CCCCO1. The second-order valence-corrected chi connectivity index (χ2v) is 3.27. The number of hydrogen-bond acceptors (Lipinski definition) is 3. The van der Waals surface area contributed by atoms with Crippen molar-refractivity contribution >= 4 is 0 Å². The molecule has 0 amide bonds. The van der Waals surface area contributed by atoms with Crippen LogP contribution < -0.4 is 5.43 Å². The Kier molecular flexibility index (Phi) is 4.10.